The van der Waals surface area contributed by atoms with E-state index in [9.17, 15) is 27.7 Å². The number of amides is 1. The molecule has 3 aromatic rings. The van der Waals surface area contributed by atoms with Crippen molar-refractivity contribution in [2.75, 3.05) is 17.9 Å². The number of anilines is 1. The van der Waals surface area contributed by atoms with Crippen LogP contribution in [-0.4, -0.2) is 48.4 Å². The van der Waals surface area contributed by atoms with Crippen LogP contribution in [0.2, 0.25) is 0 Å². The summed E-state index contributed by atoms with van der Waals surface area (Å²) in [4.78, 5) is 30.3. The van der Waals surface area contributed by atoms with Gasteiger partial charge in [-0.15, -0.1) is 0 Å². The summed E-state index contributed by atoms with van der Waals surface area (Å²) < 4.78 is 47.5. The molecule has 200 valence electrons. The van der Waals surface area contributed by atoms with Crippen LogP contribution in [0.1, 0.15) is 44.6 Å². The van der Waals surface area contributed by atoms with Crippen LogP contribution < -0.4 is 14.6 Å². The summed E-state index contributed by atoms with van der Waals surface area (Å²) in [5.74, 6) is -1.23. The highest BCUT2D eigenvalue weighted by Crippen LogP contribution is 2.38. The van der Waals surface area contributed by atoms with E-state index < -0.39 is 22.5 Å². The Hall–Kier alpha value is -3.98. The third kappa shape index (κ3) is 5.62. The molecule has 0 aliphatic heterocycles. The first-order valence-electron chi connectivity index (χ1n) is 12.3. The Kier molecular flexibility index (Phi) is 8.26. The lowest BCUT2D eigenvalue weighted by molar-refractivity contribution is -0.127. The number of nitriles is 1. The topological polar surface area (TPSA) is 126 Å². The predicted octanol–water partition coefficient (Wildman–Crippen LogP) is 3.34. The van der Waals surface area contributed by atoms with E-state index in [0.29, 0.717) is 37.9 Å². The Balaban J connectivity index is 1.67. The lowest BCUT2D eigenvalue weighted by Gasteiger charge is -2.26. The zero-order valence-corrected chi connectivity index (χ0v) is 22.0. The summed E-state index contributed by atoms with van der Waals surface area (Å²) in [5, 5.41) is 10.1. The average Bonchev–Trinajstić information content (AvgIpc) is 3.41. The highest BCUT2D eigenvalue weighted by molar-refractivity contribution is 7.74. The van der Waals surface area contributed by atoms with Crippen molar-refractivity contribution in [1.82, 2.24) is 14.5 Å². The standard InChI is InChI=1S/C26H28FN5O5S/c1-17(33)30(2)12-5-13-31-16-29-23-10-8-19(14-20(23)26(31)34)37-25-21(15-28)24(11-9-22(25)27)32(38(35)36)18-6-3-4-7-18/h8-11,14,16,18,38H,3-7,12-13H2,1-2H3. The molecule has 2 aromatic carbocycles. The molecule has 4 rings (SSSR count). The van der Waals surface area contributed by atoms with Crippen LogP contribution in [0.3, 0.4) is 0 Å². The summed E-state index contributed by atoms with van der Waals surface area (Å²) in [7, 11) is -1.39. The van der Waals surface area contributed by atoms with E-state index in [2.05, 4.69) is 4.98 Å². The van der Waals surface area contributed by atoms with E-state index >= 15 is 0 Å². The van der Waals surface area contributed by atoms with E-state index in [1.54, 1.807) is 18.0 Å². The molecule has 0 spiro atoms. The Bertz CT molecular complexity index is 1530. The number of ether oxygens (including phenoxy) is 1. The van der Waals surface area contributed by atoms with Crippen molar-refractivity contribution < 1.29 is 22.3 Å². The first-order chi connectivity index (χ1) is 18.2. The molecule has 0 unspecified atom stereocenters. The maximum atomic E-state index is 14.9. The Morgan fingerprint density at radius 3 is 2.66 bits per heavy atom. The van der Waals surface area contributed by atoms with E-state index in [0.717, 1.165) is 23.2 Å². The number of hydrogen-bond acceptors (Lipinski definition) is 7. The first kappa shape index (κ1) is 27.1. The van der Waals surface area contributed by atoms with Gasteiger partial charge in [-0.1, -0.05) is 12.8 Å². The lowest BCUT2D eigenvalue weighted by Crippen LogP contribution is -2.32. The van der Waals surface area contributed by atoms with Gasteiger partial charge in [0.05, 0.1) is 22.9 Å². The van der Waals surface area contributed by atoms with Crippen molar-refractivity contribution in [1.29, 1.82) is 5.26 Å². The number of benzene rings is 2. The van der Waals surface area contributed by atoms with Crippen molar-refractivity contribution in [2.24, 2.45) is 0 Å². The van der Waals surface area contributed by atoms with Crippen molar-refractivity contribution in [3.63, 3.8) is 0 Å². The van der Waals surface area contributed by atoms with Gasteiger partial charge in [-0.05, 0) is 49.6 Å². The van der Waals surface area contributed by atoms with E-state index in [4.69, 9.17) is 4.74 Å². The Labute approximate surface area is 221 Å². The third-order valence-corrected chi connectivity index (χ3v) is 7.63. The fraction of sp³-hybridized carbons (Fsp3) is 0.385. The van der Waals surface area contributed by atoms with Crippen LogP contribution in [0.4, 0.5) is 10.1 Å². The van der Waals surface area contributed by atoms with Gasteiger partial charge in [-0.3, -0.25) is 18.5 Å². The molecule has 12 heteroatoms. The van der Waals surface area contributed by atoms with Gasteiger partial charge >= 0.3 is 0 Å². The monoisotopic (exact) mass is 541 g/mol. The van der Waals surface area contributed by atoms with Crippen LogP contribution >= 0.6 is 0 Å². The minimum absolute atomic E-state index is 0.0623. The van der Waals surface area contributed by atoms with Crippen molar-refractivity contribution in [3.05, 3.63) is 58.4 Å². The minimum atomic E-state index is -3.07. The van der Waals surface area contributed by atoms with Gasteiger partial charge in [0.15, 0.2) is 11.6 Å². The molecule has 38 heavy (non-hydrogen) atoms. The number of nitrogens with zero attached hydrogens (tertiary/aromatic N) is 5. The number of carbonyl (C=O) groups is 1. The Morgan fingerprint density at radius 1 is 1.26 bits per heavy atom. The molecule has 10 nitrogen and oxygen atoms in total. The third-order valence-electron chi connectivity index (χ3n) is 6.74. The smallest absolute Gasteiger partial charge is 0.261 e. The second kappa shape index (κ2) is 11.6. The Morgan fingerprint density at radius 2 is 2.00 bits per heavy atom. The number of aryl methyl sites for hydroxylation is 1. The summed E-state index contributed by atoms with van der Waals surface area (Å²) in [6.45, 7) is 2.28. The fourth-order valence-electron chi connectivity index (χ4n) is 4.63. The van der Waals surface area contributed by atoms with Crippen molar-refractivity contribution in [3.8, 4) is 17.6 Å². The number of halogens is 1. The summed E-state index contributed by atoms with van der Waals surface area (Å²) >= 11 is 0. The van der Waals surface area contributed by atoms with E-state index in [-0.39, 0.29) is 39.9 Å². The van der Waals surface area contributed by atoms with Crippen LogP contribution in [0.15, 0.2) is 41.5 Å². The molecule has 0 bridgehead atoms. The number of fused-ring (bicyclic) bond motifs is 1. The quantitative estimate of drug-likeness (QED) is 0.412. The number of thiol groups is 1. The molecule has 0 N–H and O–H groups in total. The molecule has 1 aromatic heterocycles. The molecule has 1 aliphatic rings. The van der Waals surface area contributed by atoms with Gasteiger partial charge in [0.25, 0.3) is 5.56 Å². The van der Waals surface area contributed by atoms with Gasteiger partial charge in [0.1, 0.15) is 17.4 Å². The van der Waals surface area contributed by atoms with Gasteiger partial charge < -0.3 is 9.64 Å². The predicted molar refractivity (Wildman–Crippen MR) is 140 cm³/mol. The lowest BCUT2D eigenvalue weighted by atomic mass is 10.1. The number of hydrogen-bond donors (Lipinski definition) is 1. The van der Waals surface area contributed by atoms with Gasteiger partial charge in [0, 0.05) is 33.1 Å². The van der Waals surface area contributed by atoms with Crippen LogP contribution in [-0.2, 0) is 22.2 Å². The van der Waals surface area contributed by atoms with E-state index in [1.165, 1.54) is 36.0 Å². The minimum Gasteiger partial charge on any atom is -0.453 e. The molecule has 1 amide bonds. The zero-order chi connectivity index (χ0) is 27.4. The summed E-state index contributed by atoms with van der Waals surface area (Å²) in [6, 6.07) is 8.40. The number of aromatic nitrogens is 2. The largest absolute Gasteiger partial charge is 0.453 e. The number of carbonyl (C=O) groups excluding carboxylic acids is 1. The second-order valence-corrected chi connectivity index (χ2v) is 10.1. The zero-order valence-electron chi connectivity index (χ0n) is 21.1. The molecular weight excluding hydrogens is 513 g/mol. The number of rotatable bonds is 9. The summed E-state index contributed by atoms with van der Waals surface area (Å²) in [6.07, 6.45) is 5.01. The molecule has 1 heterocycles. The molecule has 0 saturated heterocycles. The molecular formula is C26H28FN5O5S. The highest BCUT2D eigenvalue weighted by atomic mass is 32.2. The molecule has 0 atom stereocenters. The molecule has 1 fully saturated rings. The van der Waals surface area contributed by atoms with Crippen LogP contribution in [0, 0.1) is 17.1 Å². The second-order valence-electron chi connectivity index (χ2n) is 9.22. The van der Waals surface area contributed by atoms with Crippen molar-refractivity contribution in [2.45, 2.75) is 51.6 Å². The van der Waals surface area contributed by atoms with Crippen molar-refractivity contribution >= 4 is 33.4 Å². The van der Waals surface area contributed by atoms with Crippen LogP contribution in [0.5, 0.6) is 11.5 Å². The van der Waals surface area contributed by atoms with Gasteiger partial charge in [-0.25, -0.2) is 17.8 Å². The fourth-order valence-corrected chi connectivity index (χ4v) is 5.47. The molecule has 1 aliphatic carbocycles. The first-order valence-corrected chi connectivity index (χ1v) is 13.4. The van der Waals surface area contributed by atoms with Gasteiger partial charge in [-0.2, -0.15) is 5.26 Å². The maximum Gasteiger partial charge on any atom is 0.261 e. The van der Waals surface area contributed by atoms with Gasteiger partial charge in [0.2, 0.25) is 16.8 Å². The highest BCUT2D eigenvalue weighted by Gasteiger charge is 2.29. The summed E-state index contributed by atoms with van der Waals surface area (Å²) in [5.41, 5.74) is -0.108. The average molecular weight is 542 g/mol. The molecule has 1 saturated carbocycles. The van der Waals surface area contributed by atoms with E-state index in [1.807, 2.05) is 6.07 Å². The maximum absolute atomic E-state index is 14.9. The SMILES string of the molecule is CC(=O)N(C)CCCn1cnc2ccc(Oc3c(F)ccc(N(C4CCCC4)[SH](=O)=O)c3C#N)cc2c1=O. The molecule has 0 radical (unpaired) electrons. The normalized spacial score (nSPS) is 13.6. The van der Waals surface area contributed by atoms with Crippen LogP contribution in [0.25, 0.3) is 10.9 Å².